The molecule has 1 rings (SSSR count). The van der Waals surface area contributed by atoms with Crippen molar-refractivity contribution in [2.24, 2.45) is 11.3 Å². The molecule has 1 atom stereocenters. The minimum atomic E-state index is -1.22. The van der Waals surface area contributed by atoms with Crippen LogP contribution in [-0.2, 0) is 22.5 Å². The van der Waals surface area contributed by atoms with Crippen LogP contribution in [0.25, 0.3) is 0 Å². The zero-order valence-corrected chi connectivity index (χ0v) is 11.9. The molecule has 0 saturated carbocycles. The number of carbonyl (C=O) groups excluding carboxylic acids is 1. The highest BCUT2D eigenvalue weighted by Crippen LogP contribution is 2.23. The van der Waals surface area contributed by atoms with E-state index in [9.17, 15) is 10.1 Å². The van der Waals surface area contributed by atoms with E-state index < -0.39 is 11.4 Å². The van der Waals surface area contributed by atoms with Crippen molar-refractivity contribution in [3.63, 3.8) is 0 Å². The van der Waals surface area contributed by atoms with E-state index in [-0.39, 0.29) is 13.0 Å². The van der Waals surface area contributed by atoms with Crippen molar-refractivity contribution in [3.05, 3.63) is 12.2 Å². The second-order valence-electron chi connectivity index (χ2n) is 5.09. The lowest BCUT2D eigenvalue weighted by atomic mass is 9.88. The van der Waals surface area contributed by atoms with E-state index in [4.69, 9.17) is 4.74 Å². The minimum Gasteiger partial charge on any atom is -0.465 e. The average Bonchev–Trinajstić information content (AvgIpc) is 2.75. The lowest BCUT2D eigenvalue weighted by molar-refractivity contribution is -0.151. The number of nitrogens with zero attached hydrogens (tertiary/aromatic N) is 4. The van der Waals surface area contributed by atoms with Gasteiger partial charge in [0.1, 0.15) is 12.2 Å². The molecule has 0 aliphatic heterocycles. The van der Waals surface area contributed by atoms with Crippen molar-refractivity contribution < 1.29 is 9.53 Å². The van der Waals surface area contributed by atoms with Gasteiger partial charge in [-0.05, 0) is 19.8 Å². The van der Waals surface area contributed by atoms with Gasteiger partial charge >= 0.3 is 5.97 Å². The molecule has 104 valence electrons. The van der Waals surface area contributed by atoms with Crippen molar-refractivity contribution in [2.45, 2.75) is 40.7 Å². The summed E-state index contributed by atoms with van der Waals surface area (Å²) in [5, 5.41) is 13.4. The van der Waals surface area contributed by atoms with Gasteiger partial charge in [0.25, 0.3) is 0 Å². The quantitative estimate of drug-likeness (QED) is 0.728. The third-order valence-corrected chi connectivity index (χ3v) is 2.72. The molecule has 0 spiro atoms. The number of esters is 1. The monoisotopic (exact) mass is 264 g/mol. The first-order chi connectivity index (χ1) is 8.92. The Hall–Kier alpha value is -1.90. The highest BCUT2D eigenvalue weighted by molar-refractivity contribution is 5.79. The van der Waals surface area contributed by atoms with E-state index in [2.05, 4.69) is 23.9 Å². The summed E-state index contributed by atoms with van der Waals surface area (Å²) in [6.45, 7) is 8.39. The summed E-state index contributed by atoms with van der Waals surface area (Å²) in [5.74, 6) is 0.527. The molecule has 0 bridgehead atoms. The fourth-order valence-electron chi connectivity index (χ4n) is 1.69. The van der Waals surface area contributed by atoms with E-state index >= 15 is 0 Å². The largest absolute Gasteiger partial charge is 0.465 e. The van der Waals surface area contributed by atoms with Gasteiger partial charge in [0, 0.05) is 13.0 Å². The molecule has 1 heterocycles. The maximum absolute atomic E-state index is 11.9. The van der Waals surface area contributed by atoms with E-state index in [1.165, 1.54) is 6.33 Å². The minimum absolute atomic E-state index is 0.203. The van der Waals surface area contributed by atoms with Crippen LogP contribution < -0.4 is 0 Å². The third-order valence-electron chi connectivity index (χ3n) is 2.72. The van der Waals surface area contributed by atoms with E-state index in [1.807, 2.05) is 6.07 Å². The molecule has 6 heteroatoms. The smallest absolute Gasteiger partial charge is 0.326 e. The molecule has 0 aromatic carbocycles. The molecule has 19 heavy (non-hydrogen) atoms. The topological polar surface area (TPSA) is 80.8 Å². The molecule has 6 nitrogen and oxygen atoms in total. The van der Waals surface area contributed by atoms with Gasteiger partial charge in [-0.15, -0.1) is 0 Å². The molecule has 0 aliphatic rings. The number of aromatic nitrogens is 3. The fourth-order valence-corrected chi connectivity index (χ4v) is 1.69. The van der Waals surface area contributed by atoms with Crippen LogP contribution in [0.4, 0.5) is 0 Å². The van der Waals surface area contributed by atoms with Crippen molar-refractivity contribution in [2.75, 3.05) is 6.61 Å². The Kier molecular flexibility index (Phi) is 5.04. The van der Waals surface area contributed by atoms with Gasteiger partial charge in [-0.3, -0.25) is 4.79 Å². The Morgan fingerprint density at radius 2 is 2.32 bits per heavy atom. The number of hydrogen-bond acceptors (Lipinski definition) is 5. The molecule has 1 unspecified atom stereocenters. The molecule has 0 aliphatic carbocycles. The predicted molar refractivity (Wildman–Crippen MR) is 68.9 cm³/mol. The van der Waals surface area contributed by atoms with Crippen LogP contribution in [0.15, 0.2) is 6.33 Å². The number of nitriles is 1. The molecule has 0 N–H and O–H groups in total. The van der Waals surface area contributed by atoms with Crippen LogP contribution >= 0.6 is 0 Å². The van der Waals surface area contributed by atoms with Gasteiger partial charge in [0.15, 0.2) is 5.41 Å². The normalized spacial score (nSPS) is 13.9. The van der Waals surface area contributed by atoms with Gasteiger partial charge in [0.2, 0.25) is 0 Å². The second kappa shape index (κ2) is 6.32. The van der Waals surface area contributed by atoms with Gasteiger partial charge < -0.3 is 4.74 Å². The van der Waals surface area contributed by atoms with Gasteiger partial charge in [0.05, 0.1) is 12.7 Å². The standard InChI is InChI=1S/C13H20N4O2/c1-5-19-12(18)13(4,8-14)6-11-15-9-16-17(11)7-10(2)3/h9-10H,5-7H2,1-4H3. The number of rotatable bonds is 6. The summed E-state index contributed by atoms with van der Waals surface area (Å²) in [6.07, 6.45) is 1.65. The van der Waals surface area contributed by atoms with E-state index in [0.29, 0.717) is 18.3 Å². The predicted octanol–water partition coefficient (Wildman–Crippen LogP) is 1.57. The van der Waals surface area contributed by atoms with Crippen LogP contribution in [0.2, 0.25) is 0 Å². The SMILES string of the molecule is CCOC(=O)C(C)(C#N)Cc1ncnn1CC(C)C. The van der Waals surface area contributed by atoms with Crippen LogP contribution in [-0.4, -0.2) is 27.3 Å². The Morgan fingerprint density at radius 3 is 2.84 bits per heavy atom. The summed E-state index contributed by atoms with van der Waals surface area (Å²) in [6, 6.07) is 2.03. The van der Waals surface area contributed by atoms with E-state index in [0.717, 1.165) is 0 Å². The van der Waals surface area contributed by atoms with Crippen molar-refractivity contribution in [3.8, 4) is 6.07 Å². The van der Waals surface area contributed by atoms with Crippen molar-refractivity contribution in [1.29, 1.82) is 5.26 Å². The first kappa shape index (κ1) is 15.2. The van der Waals surface area contributed by atoms with Crippen LogP contribution in [0, 0.1) is 22.7 Å². The molecule has 0 saturated heterocycles. The van der Waals surface area contributed by atoms with E-state index in [1.54, 1.807) is 18.5 Å². The average molecular weight is 264 g/mol. The van der Waals surface area contributed by atoms with Crippen LogP contribution in [0.5, 0.6) is 0 Å². The van der Waals surface area contributed by atoms with Gasteiger partial charge in [-0.1, -0.05) is 13.8 Å². The summed E-state index contributed by atoms with van der Waals surface area (Å²) in [7, 11) is 0. The summed E-state index contributed by atoms with van der Waals surface area (Å²) in [4.78, 5) is 16.0. The molecular weight excluding hydrogens is 244 g/mol. The molecule has 1 aromatic heterocycles. The number of ether oxygens (including phenoxy) is 1. The summed E-state index contributed by atoms with van der Waals surface area (Å²) < 4.78 is 6.68. The summed E-state index contributed by atoms with van der Waals surface area (Å²) in [5.41, 5.74) is -1.22. The highest BCUT2D eigenvalue weighted by atomic mass is 16.5. The van der Waals surface area contributed by atoms with Gasteiger partial charge in [-0.25, -0.2) is 9.67 Å². The zero-order chi connectivity index (χ0) is 14.5. The Labute approximate surface area is 113 Å². The maximum Gasteiger partial charge on any atom is 0.326 e. The van der Waals surface area contributed by atoms with Crippen LogP contribution in [0.1, 0.15) is 33.5 Å². The summed E-state index contributed by atoms with van der Waals surface area (Å²) >= 11 is 0. The first-order valence-electron chi connectivity index (χ1n) is 6.38. The molecular formula is C13H20N4O2. The molecule has 0 radical (unpaired) electrons. The fraction of sp³-hybridized carbons (Fsp3) is 0.692. The molecule has 0 amide bonds. The second-order valence-corrected chi connectivity index (χ2v) is 5.09. The Morgan fingerprint density at radius 1 is 1.63 bits per heavy atom. The lowest BCUT2D eigenvalue weighted by Crippen LogP contribution is -2.32. The first-order valence-corrected chi connectivity index (χ1v) is 6.38. The Bertz CT molecular complexity index is 475. The van der Waals surface area contributed by atoms with Gasteiger partial charge in [-0.2, -0.15) is 10.4 Å². The number of carbonyl (C=O) groups is 1. The third kappa shape index (κ3) is 3.78. The Balaban J connectivity index is 2.90. The van der Waals surface area contributed by atoms with Crippen molar-refractivity contribution in [1.82, 2.24) is 14.8 Å². The molecule has 0 fully saturated rings. The zero-order valence-electron chi connectivity index (χ0n) is 11.9. The number of hydrogen-bond donors (Lipinski definition) is 0. The van der Waals surface area contributed by atoms with Crippen LogP contribution in [0.3, 0.4) is 0 Å². The highest BCUT2D eigenvalue weighted by Gasteiger charge is 2.37. The molecule has 1 aromatic rings. The van der Waals surface area contributed by atoms with Crippen molar-refractivity contribution >= 4 is 5.97 Å². The lowest BCUT2D eigenvalue weighted by Gasteiger charge is -2.19. The maximum atomic E-state index is 11.9.